The van der Waals surface area contributed by atoms with E-state index in [2.05, 4.69) is 10.2 Å². The number of hydrogen-bond donors (Lipinski definition) is 0. The van der Waals surface area contributed by atoms with Crippen LogP contribution >= 0.6 is 0 Å². The highest BCUT2D eigenvalue weighted by molar-refractivity contribution is 5.89. The molecule has 2 heterocycles. The molecule has 3 aromatic rings. The average molecular weight is 421 g/mol. The monoisotopic (exact) mass is 421 g/mol. The van der Waals surface area contributed by atoms with Gasteiger partial charge in [0, 0.05) is 25.1 Å². The Morgan fingerprint density at radius 2 is 1.87 bits per heavy atom. The van der Waals surface area contributed by atoms with Gasteiger partial charge in [0.2, 0.25) is 11.8 Å². The molecule has 2 aromatic carbocycles. The Kier molecular flexibility index (Phi) is 5.97. The van der Waals surface area contributed by atoms with Crippen molar-refractivity contribution in [2.45, 2.75) is 32.4 Å². The molecule has 0 aliphatic carbocycles. The van der Waals surface area contributed by atoms with Crippen molar-refractivity contribution in [2.75, 3.05) is 13.7 Å². The maximum Gasteiger partial charge on any atom is 0.338 e. The molecule has 1 fully saturated rings. The summed E-state index contributed by atoms with van der Waals surface area (Å²) in [6, 6.07) is 14.3. The van der Waals surface area contributed by atoms with Crippen LogP contribution in [0.15, 0.2) is 52.9 Å². The summed E-state index contributed by atoms with van der Waals surface area (Å²) in [6.45, 7) is 3.01. The van der Waals surface area contributed by atoms with Crippen LogP contribution in [0.1, 0.15) is 47.7 Å². The van der Waals surface area contributed by atoms with Gasteiger partial charge in [0.15, 0.2) is 6.10 Å². The fourth-order valence-electron chi connectivity index (χ4n) is 3.37. The van der Waals surface area contributed by atoms with E-state index >= 15 is 0 Å². The summed E-state index contributed by atoms with van der Waals surface area (Å²) in [5, 5.41) is 8.03. The largest absolute Gasteiger partial charge is 0.497 e. The second-order valence-corrected chi connectivity index (χ2v) is 7.34. The Bertz CT molecular complexity index is 1060. The van der Waals surface area contributed by atoms with Crippen LogP contribution in [-0.2, 0) is 16.1 Å². The number of likely N-dealkylation sites (tertiary alicyclic amines) is 1. The van der Waals surface area contributed by atoms with Crippen molar-refractivity contribution >= 4 is 11.9 Å². The van der Waals surface area contributed by atoms with E-state index in [-0.39, 0.29) is 11.8 Å². The minimum Gasteiger partial charge on any atom is -0.497 e. The van der Waals surface area contributed by atoms with Gasteiger partial charge in [0.1, 0.15) is 5.75 Å². The number of amides is 1. The van der Waals surface area contributed by atoms with Gasteiger partial charge in [0.25, 0.3) is 5.89 Å². The zero-order valence-corrected chi connectivity index (χ0v) is 17.4. The van der Waals surface area contributed by atoms with Crippen LogP contribution in [0.25, 0.3) is 11.5 Å². The molecule has 160 valence electrons. The van der Waals surface area contributed by atoms with Gasteiger partial charge in [-0.3, -0.25) is 4.79 Å². The second-order valence-electron chi connectivity index (χ2n) is 7.34. The standard InChI is InChI=1S/C23H23N3O5/c1-15(21-24-25-22(31-21)17-9-11-19(29-2)12-10-17)30-23(28)18-7-5-16(6-8-18)14-26-13-3-4-20(26)27/h5-12,15H,3-4,13-14H2,1-2H3. The van der Waals surface area contributed by atoms with Crippen LogP contribution in [0.2, 0.25) is 0 Å². The summed E-state index contributed by atoms with van der Waals surface area (Å²) in [5.41, 5.74) is 2.13. The van der Waals surface area contributed by atoms with Crippen LogP contribution in [0.3, 0.4) is 0 Å². The number of rotatable bonds is 7. The highest BCUT2D eigenvalue weighted by atomic mass is 16.6. The van der Waals surface area contributed by atoms with Crippen molar-refractivity contribution in [1.82, 2.24) is 15.1 Å². The number of carbonyl (C=O) groups is 2. The van der Waals surface area contributed by atoms with Crippen molar-refractivity contribution in [3.63, 3.8) is 0 Å². The highest BCUT2D eigenvalue weighted by Gasteiger charge is 2.22. The van der Waals surface area contributed by atoms with Crippen molar-refractivity contribution in [3.8, 4) is 17.2 Å². The van der Waals surface area contributed by atoms with E-state index in [4.69, 9.17) is 13.9 Å². The van der Waals surface area contributed by atoms with Gasteiger partial charge in [-0.05, 0) is 55.3 Å². The Hall–Kier alpha value is -3.68. The van der Waals surface area contributed by atoms with Crippen molar-refractivity contribution in [2.24, 2.45) is 0 Å². The first-order valence-electron chi connectivity index (χ1n) is 10.1. The molecule has 4 rings (SSSR count). The van der Waals surface area contributed by atoms with Gasteiger partial charge >= 0.3 is 5.97 Å². The first kappa shape index (κ1) is 20.6. The lowest BCUT2D eigenvalue weighted by Crippen LogP contribution is -2.23. The van der Waals surface area contributed by atoms with Crippen LogP contribution in [0.5, 0.6) is 5.75 Å². The van der Waals surface area contributed by atoms with Crippen LogP contribution in [-0.4, -0.2) is 40.6 Å². The molecular weight excluding hydrogens is 398 g/mol. The van der Waals surface area contributed by atoms with E-state index in [9.17, 15) is 9.59 Å². The van der Waals surface area contributed by atoms with Crippen molar-refractivity contribution in [1.29, 1.82) is 0 Å². The quantitative estimate of drug-likeness (QED) is 0.536. The molecule has 0 saturated carbocycles. The molecule has 8 heteroatoms. The molecule has 1 aliphatic rings. The topological polar surface area (TPSA) is 94.8 Å². The Balaban J connectivity index is 1.37. The summed E-state index contributed by atoms with van der Waals surface area (Å²) < 4.78 is 16.3. The number of nitrogens with zero attached hydrogens (tertiary/aromatic N) is 3. The molecule has 0 spiro atoms. The van der Waals surface area contributed by atoms with Gasteiger partial charge < -0.3 is 18.8 Å². The number of hydrogen-bond acceptors (Lipinski definition) is 7. The Labute approximate surface area is 179 Å². The number of aromatic nitrogens is 2. The molecular formula is C23H23N3O5. The van der Waals surface area contributed by atoms with E-state index in [1.165, 1.54) is 0 Å². The lowest BCUT2D eigenvalue weighted by Gasteiger charge is -2.15. The van der Waals surface area contributed by atoms with Gasteiger partial charge in [-0.2, -0.15) is 0 Å². The Morgan fingerprint density at radius 1 is 1.13 bits per heavy atom. The first-order valence-corrected chi connectivity index (χ1v) is 10.1. The fourth-order valence-corrected chi connectivity index (χ4v) is 3.37. The molecule has 8 nitrogen and oxygen atoms in total. The minimum atomic E-state index is -0.700. The van der Waals surface area contributed by atoms with Gasteiger partial charge in [0.05, 0.1) is 12.7 Å². The lowest BCUT2D eigenvalue weighted by molar-refractivity contribution is -0.128. The average Bonchev–Trinajstić information content (AvgIpc) is 3.44. The van der Waals surface area contributed by atoms with Gasteiger partial charge in [-0.15, -0.1) is 10.2 Å². The smallest absolute Gasteiger partial charge is 0.338 e. The highest BCUT2D eigenvalue weighted by Crippen LogP contribution is 2.25. The zero-order valence-electron chi connectivity index (χ0n) is 17.4. The normalized spacial score (nSPS) is 14.5. The predicted molar refractivity (Wildman–Crippen MR) is 111 cm³/mol. The van der Waals surface area contributed by atoms with E-state index in [0.29, 0.717) is 24.4 Å². The molecule has 0 radical (unpaired) electrons. The molecule has 1 unspecified atom stereocenters. The lowest BCUT2D eigenvalue weighted by atomic mass is 10.1. The molecule has 1 amide bonds. The predicted octanol–water partition coefficient (Wildman–Crippen LogP) is 3.79. The molecule has 1 aliphatic heterocycles. The third kappa shape index (κ3) is 4.74. The SMILES string of the molecule is COc1ccc(-c2nnc(C(C)OC(=O)c3ccc(CN4CCCC4=O)cc3)o2)cc1. The maximum atomic E-state index is 12.5. The number of ether oxygens (including phenoxy) is 2. The summed E-state index contributed by atoms with van der Waals surface area (Å²) in [4.78, 5) is 26.1. The van der Waals surface area contributed by atoms with Crippen molar-refractivity contribution < 1.29 is 23.5 Å². The number of carbonyl (C=O) groups excluding carboxylic acids is 2. The molecule has 1 atom stereocenters. The summed E-state index contributed by atoms with van der Waals surface area (Å²) in [5.74, 6) is 0.958. The number of methoxy groups -OCH3 is 1. The van der Waals surface area contributed by atoms with Crippen molar-refractivity contribution in [3.05, 3.63) is 65.5 Å². The second kappa shape index (κ2) is 8.99. The van der Waals surface area contributed by atoms with Crippen LogP contribution < -0.4 is 4.74 Å². The number of benzene rings is 2. The fraction of sp³-hybridized carbons (Fsp3) is 0.304. The van der Waals surface area contributed by atoms with E-state index in [1.54, 1.807) is 38.3 Å². The minimum absolute atomic E-state index is 0.172. The van der Waals surface area contributed by atoms with Crippen LogP contribution in [0, 0.1) is 0 Å². The van der Waals surface area contributed by atoms with E-state index in [0.717, 1.165) is 29.8 Å². The third-order valence-electron chi connectivity index (χ3n) is 5.14. The van der Waals surface area contributed by atoms with Gasteiger partial charge in [-0.1, -0.05) is 12.1 Å². The zero-order chi connectivity index (χ0) is 21.8. The third-order valence-corrected chi connectivity index (χ3v) is 5.14. The molecule has 1 aromatic heterocycles. The number of esters is 1. The summed E-state index contributed by atoms with van der Waals surface area (Å²) >= 11 is 0. The van der Waals surface area contributed by atoms with Crippen LogP contribution in [0.4, 0.5) is 0 Å². The molecule has 31 heavy (non-hydrogen) atoms. The maximum absolute atomic E-state index is 12.5. The Morgan fingerprint density at radius 3 is 2.52 bits per heavy atom. The van der Waals surface area contributed by atoms with E-state index < -0.39 is 12.1 Å². The summed E-state index contributed by atoms with van der Waals surface area (Å²) in [7, 11) is 1.60. The van der Waals surface area contributed by atoms with Gasteiger partial charge in [-0.25, -0.2) is 4.79 Å². The molecule has 1 saturated heterocycles. The molecule has 0 bridgehead atoms. The molecule has 0 N–H and O–H groups in total. The van der Waals surface area contributed by atoms with E-state index in [1.807, 2.05) is 29.2 Å². The first-order chi connectivity index (χ1) is 15.0. The summed E-state index contributed by atoms with van der Waals surface area (Å²) in [6.07, 6.45) is 0.809.